The van der Waals surface area contributed by atoms with Crippen LogP contribution < -0.4 is 10.1 Å². The fourth-order valence-electron chi connectivity index (χ4n) is 2.21. The highest BCUT2D eigenvalue weighted by atomic mass is 16.5. The van der Waals surface area contributed by atoms with Gasteiger partial charge in [-0.1, -0.05) is 29.8 Å². The first-order valence-electron chi connectivity index (χ1n) is 6.58. The Morgan fingerprint density at radius 2 is 1.95 bits per heavy atom. The summed E-state index contributed by atoms with van der Waals surface area (Å²) in [6.45, 7) is 3.96. The van der Waals surface area contributed by atoms with E-state index in [1.165, 1.54) is 5.56 Å². The van der Waals surface area contributed by atoms with Crippen molar-refractivity contribution in [3.63, 3.8) is 0 Å². The van der Waals surface area contributed by atoms with E-state index < -0.39 is 0 Å². The lowest BCUT2D eigenvalue weighted by Gasteiger charge is -2.14. The Morgan fingerprint density at radius 3 is 2.68 bits per heavy atom. The predicted molar refractivity (Wildman–Crippen MR) is 74.1 cm³/mol. The number of hydrogen-bond acceptors (Lipinski definition) is 4. The summed E-state index contributed by atoms with van der Waals surface area (Å²) in [5, 5.41) is 3.29. The molecule has 0 amide bonds. The largest absolute Gasteiger partial charge is 0.471 e. The van der Waals surface area contributed by atoms with Gasteiger partial charge in [0, 0.05) is 24.5 Å². The van der Waals surface area contributed by atoms with E-state index in [4.69, 9.17) is 4.74 Å². The highest BCUT2D eigenvalue weighted by Crippen LogP contribution is 2.26. The summed E-state index contributed by atoms with van der Waals surface area (Å²) < 4.78 is 5.95. The van der Waals surface area contributed by atoms with Gasteiger partial charge in [-0.05, 0) is 19.9 Å². The molecule has 1 aliphatic heterocycles. The molecule has 2 aromatic rings. The van der Waals surface area contributed by atoms with E-state index >= 15 is 0 Å². The molecule has 4 nitrogen and oxygen atoms in total. The number of aryl methyl sites for hydroxylation is 1. The molecule has 98 valence electrons. The Kier molecular flexibility index (Phi) is 3.42. The van der Waals surface area contributed by atoms with Crippen LogP contribution in [-0.2, 0) is 0 Å². The number of aromatic nitrogens is 2. The van der Waals surface area contributed by atoms with Gasteiger partial charge in [-0.3, -0.25) is 0 Å². The molecule has 1 atom stereocenters. The highest BCUT2D eigenvalue weighted by molar-refractivity contribution is 5.64. The maximum absolute atomic E-state index is 5.95. The molecule has 2 heterocycles. The summed E-state index contributed by atoms with van der Waals surface area (Å²) >= 11 is 0. The van der Waals surface area contributed by atoms with Crippen molar-refractivity contribution in [1.82, 2.24) is 15.3 Å². The van der Waals surface area contributed by atoms with Crippen molar-refractivity contribution in [3.05, 3.63) is 42.2 Å². The van der Waals surface area contributed by atoms with E-state index in [0.29, 0.717) is 5.88 Å². The van der Waals surface area contributed by atoms with Crippen LogP contribution in [0.25, 0.3) is 11.3 Å². The zero-order valence-corrected chi connectivity index (χ0v) is 11.0. The SMILES string of the molecule is Cc1ccc(-c2nccnc2OC2CCNC2)cc1. The second-order valence-electron chi connectivity index (χ2n) is 4.81. The molecular formula is C15H17N3O. The number of benzene rings is 1. The Morgan fingerprint density at radius 1 is 1.16 bits per heavy atom. The lowest BCUT2D eigenvalue weighted by atomic mass is 10.1. The van der Waals surface area contributed by atoms with E-state index in [2.05, 4.69) is 46.5 Å². The van der Waals surface area contributed by atoms with Crippen molar-refractivity contribution in [2.45, 2.75) is 19.4 Å². The standard InChI is InChI=1S/C15H17N3O/c1-11-2-4-12(5-3-11)14-15(18-9-8-17-14)19-13-6-7-16-10-13/h2-5,8-9,13,16H,6-7,10H2,1H3. The molecule has 1 aliphatic rings. The van der Waals surface area contributed by atoms with Gasteiger partial charge in [0.25, 0.3) is 0 Å². The number of nitrogens with zero attached hydrogens (tertiary/aromatic N) is 2. The molecule has 0 bridgehead atoms. The van der Waals surface area contributed by atoms with Crippen LogP contribution in [-0.4, -0.2) is 29.2 Å². The molecule has 0 saturated carbocycles. The van der Waals surface area contributed by atoms with Crippen molar-refractivity contribution in [2.75, 3.05) is 13.1 Å². The smallest absolute Gasteiger partial charge is 0.240 e. The Labute approximate surface area is 112 Å². The predicted octanol–water partition coefficient (Wildman–Crippen LogP) is 2.19. The fourth-order valence-corrected chi connectivity index (χ4v) is 2.21. The molecule has 1 aromatic heterocycles. The summed E-state index contributed by atoms with van der Waals surface area (Å²) in [5.74, 6) is 0.625. The molecule has 1 fully saturated rings. The fraction of sp³-hybridized carbons (Fsp3) is 0.333. The van der Waals surface area contributed by atoms with Gasteiger partial charge in [0.05, 0.1) is 0 Å². The molecule has 4 heteroatoms. The molecule has 0 aliphatic carbocycles. The minimum absolute atomic E-state index is 0.195. The number of rotatable bonds is 3. The van der Waals surface area contributed by atoms with Gasteiger partial charge in [0.1, 0.15) is 11.8 Å². The third-order valence-electron chi connectivity index (χ3n) is 3.28. The van der Waals surface area contributed by atoms with Crippen molar-refractivity contribution in [1.29, 1.82) is 0 Å². The maximum atomic E-state index is 5.95. The molecule has 0 spiro atoms. The molecule has 1 aromatic carbocycles. The van der Waals surface area contributed by atoms with E-state index in [1.54, 1.807) is 12.4 Å². The molecule has 19 heavy (non-hydrogen) atoms. The summed E-state index contributed by atoms with van der Waals surface area (Å²) in [7, 11) is 0. The first-order chi connectivity index (χ1) is 9.33. The van der Waals surface area contributed by atoms with Gasteiger partial charge in [-0.2, -0.15) is 0 Å². The average molecular weight is 255 g/mol. The van der Waals surface area contributed by atoms with Gasteiger partial charge < -0.3 is 10.1 Å². The Bertz CT molecular complexity index is 548. The topological polar surface area (TPSA) is 47.0 Å². The Balaban J connectivity index is 1.90. The summed E-state index contributed by atoms with van der Waals surface area (Å²) in [5.41, 5.74) is 3.09. The quantitative estimate of drug-likeness (QED) is 0.913. The zero-order valence-electron chi connectivity index (χ0n) is 11.0. The van der Waals surface area contributed by atoms with Crippen molar-refractivity contribution < 1.29 is 4.74 Å². The minimum atomic E-state index is 0.195. The van der Waals surface area contributed by atoms with Crippen LogP contribution in [0.5, 0.6) is 5.88 Å². The molecule has 1 unspecified atom stereocenters. The second-order valence-corrected chi connectivity index (χ2v) is 4.81. The van der Waals surface area contributed by atoms with Crippen molar-refractivity contribution in [2.24, 2.45) is 0 Å². The van der Waals surface area contributed by atoms with Crippen LogP contribution in [0.3, 0.4) is 0 Å². The third-order valence-corrected chi connectivity index (χ3v) is 3.28. The van der Waals surface area contributed by atoms with E-state index in [9.17, 15) is 0 Å². The third kappa shape index (κ3) is 2.74. The lowest BCUT2D eigenvalue weighted by molar-refractivity contribution is 0.214. The second kappa shape index (κ2) is 5.36. The minimum Gasteiger partial charge on any atom is -0.471 e. The van der Waals surface area contributed by atoms with Gasteiger partial charge in [-0.25, -0.2) is 9.97 Å². The van der Waals surface area contributed by atoms with Crippen LogP contribution in [0.2, 0.25) is 0 Å². The van der Waals surface area contributed by atoms with E-state index in [-0.39, 0.29) is 6.10 Å². The first kappa shape index (κ1) is 12.1. The molecule has 1 N–H and O–H groups in total. The van der Waals surface area contributed by atoms with Gasteiger partial charge in [0.2, 0.25) is 5.88 Å². The van der Waals surface area contributed by atoms with Crippen LogP contribution in [0.15, 0.2) is 36.7 Å². The Hall–Kier alpha value is -1.94. The number of ether oxygens (including phenoxy) is 1. The van der Waals surface area contributed by atoms with E-state index in [1.807, 2.05) is 0 Å². The number of hydrogen-bond donors (Lipinski definition) is 1. The van der Waals surface area contributed by atoms with Crippen LogP contribution in [0.4, 0.5) is 0 Å². The van der Waals surface area contributed by atoms with Crippen molar-refractivity contribution in [3.8, 4) is 17.1 Å². The number of nitrogens with one attached hydrogen (secondary N) is 1. The maximum Gasteiger partial charge on any atom is 0.240 e. The van der Waals surface area contributed by atoms with Crippen molar-refractivity contribution >= 4 is 0 Å². The van der Waals surface area contributed by atoms with E-state index in [0.717, 1.165) is 30.8 Å². The molecule has 1 saturated heterocycles. The first-order valence-corrected chi connectivity index (χ1v) is 6.58. The molecule has 0 radical (unpaired) electrons. The van der Waals surface area contributed by atoms with Gasteiger partial charge in [-0.15, -0.1) is 0 Å². The van der Waals surface area contributed by atoms with Crippen LogP contribution in [0, 0.1) is 6.92 Å². The molecule has 3 rings (SSSR count). The monoisotopic (exact) mass is 255 g/mol. The van der Waals surface area contributed by atoms with Crippen LogP contribution >= 0.6 is 0 Å². The highest BCUT2D eigenvalue weighted by Gasteiger charge is 2.19. The summed E-state index contributed by atoms with van der Waals surface area (Å²) in [6.07, 6.45) is 4.59. The average Bonchev–Trinajstić information content (AvgIpc) is 2.93. The molecular weight excluding hydrogens is 238 g/mol. The zero-order chi connectivity index (χ0) is 13.1. The van der Waals surface area contributed by atoms with Crippen LogP contribution in [0.1, 0.15) is 12.0 Å². The summed E-state index contributed by atoms with van der Waals surface area (Å²) in [4.78, 5) is 8.74. The summed E-state index contributed by atoms with van der Waals surface area (Å²) in [6, 6.07) is 8.26. The van der Waals surface area contributed by atoms with Gasteiger partial charge >= 0.3 is 0 Å². The van der Waals surface area contributed by atoms with Gasteiger partial charge in [0.15, 0.2) is 0 Å². The lowest BCUT2D eigenvalue weighted by Crippen LogP contribution is -2.20. The normalized spacial score (nSPS) is 18.5.